The number of fused-ring (bicyclic) bond motifs is 2. The van der Waals surface area contributed by atoms with Gasteiger partial charge in [0.1, 0.15) is 41.4 Å². The van der Waals surface area contributed by atoms with Crippen molar-refractivity contribution in [2.75, 3.05) is 24.7 Å². The molecule has 9 atom stereocenters. The van der Waals surface area contributed by atoms with Crippen molar-refractivity contribution >= 4 is 82.7 Å². The molecule has 4 aromatic rings. The zero-order valence-corrected chi connectivity index (χ0v) is 27.8. The van der Waals surface area contributed by atoms with Gasteiger partial charge in [-0.2, -0.15) is 4.98 Å². The lowest BCUT2D eigenvalue weighted by Gasteiger charge is -2.25. The highest BCUT2D eigenvalue weighted by atomic mass is 32.7. The first-order valence-electron chi connectivity index (χ1n) is 13.3. The van der Waals surface area contributed by atoms with Gasteiger partial charge in [-0.05, 0) is 6.42 Å². The van der Waals surface area contributed by atoms with Crippen molar-refractivity contribution in [2.45, 2.75) is 50.2 Å². The fourth-order valence-corrected chi connectivity index (χ4v) is 8.18. The van der Waals surface area contributed by atoms with Gasteiger partial charge >= 0.3 is 18.5 Å². The van der Waals surface area contributed by atoms with Crippen LogP contribution in [0.1, 0.15) is 25.8 Å². The summed E-state index contributed by atoms with van der Waals surface area (Å²) >= 11 is 8.24. The van der Waals surface area contributed by atoms with E-state index in [1.54, 1.807) is 4.57 Å². The highest BCUT2D eigenvalue weighted by molar-refractivity contribution is 8.44. The van der Waals surface area contributed by atoms with Crippen LogP contribution in [0.15, 0.2) is 22.2 Å². The van der Waals surface area contributed by atoms with Gasteiger partial charge < -0.3 is 30.9 Å². The highest BCUT2D eigenvalue weighted by Crippen LogP contribution is 2.57. The monoisotopic (exact) mass is 739 g/mol. The molecule has 2 aliphatic heterocycles. The van der Waals surface area contributed by atoms with Crippen LogP contribution in [0, 0.1) is 5.92 Å². The van der Waals surface area contributed by atoms with E-state index in [0.717, 1.165) is 10.9 Å². The maximum absolute atomic E-state index is 13.5. The average molecular weight is 740 g/mol. The molecule has 2 fully saturated rings. The van der Waals surface area contributed by atoms with Crippen LogP contribution in [0.5, 0.6) is 0 Å². The molecule has 7 N–H and O–H groups in total. The van der Waals surface area contributed by atoms with E-state index in [1.807, 2.05) is 6.92 Å². The van der Waals surface area contributed by atoms with Gasteiger partial charge in [-0.3, -0.25) is 37.3 Å². The van der Waals surface area contributed by atoms with Gasteiger partial charge in [0, 0.05) is 5.92 Å². The number of thiol groups is 2. The Morgan fingerprint density at radius 1 is 1.13 bits per heavy atom. The van der Waals surface area contributed by atoms with Crippen molar-refractivity contribution in [1.82, 2.24) is 34.1 Å². The van der Waals surface area contributed by atoms with Gasteiger partial charge in [0.2, 0.25) is 5.95 Å². The van der Waals surface area contributed by atoms with E-state index in [4.69, 9.17) is 34.5 Å². The number of H-pyrrole nitrogens is 1. The summed E-state index contributed by atoms with van der Waals surface area (Å²) in [6.07, 6.45) is -4.38. The minimum Gasteiger partial charge on any atom is -0.387 e. The van der Waals surface area contributed by atoms with Crippen molar-refractivity contribution < 1.29 is 42.2 Å². The largest absolute Gasteiger partial charge is 0.387 e. The zero-order valence-electron chi connectivity index (χ0n) is 23.4. The fraction of sp³-hybridized carbons (Fsp3) is 0.524. The van der Waals surface area contributed by atoms with Crippen molar-refractivity contribution in [1.29, 1.82) is 0 Å². The third kappa shape index (κ3) is 6.64. The van der Waals surface area contributed by atoms with Crippen LogP contribution in [0.2, 0.25) is 0 Å². The Morgan fingerprint density at radius 2 is 1.89 bits per heavy atom. The molecule has 0 aliphatic carbocycles. The number of nitrogens with zero attached hydrogens (tertiary/aromatic N) is 6. The maximum Gasteiger partial charge on any atom is 0.386 e. The number of nitrogen functional groups attached to an aromatic ring is 2. The van der Waals surface area contributed by atoms with E-state index in [-0.39, 0.29) is 45.8 Å². The maximum atomic E-state index is 13.5. The molecular weight excluding hydrogens is 712 g/mol. The lowest BCUT2D eigenvalue weighted by atomic mass is 10.1. The Balaban J connectivity index is 1.20. The summed E-state index contributed by atoms with van der Waals surface area (Å²) in [7, 11) is 0. The summed E-state index contributed by atoms with van der Waals surface area (Å²) in [6.45, 7) is -7.66. The van der Waals surface area contributed by atoms with Gasteiger partial charge in [-0.25, -0.2) is 24.1 Å². The Kier molecular flexibility index (Phi) is 9.15. The highest BCUT2D eigenvalue weighted by Gasteiger charge is 2.50. The third-order valence-electron chi connectivity index (χ3n) is 7.26. The first-order chi connectivity index (χ1) is 21.6. The Bertz CT molecular complexity index is 2000. The zero-order chi connectivity index (χ0) is 33.1. The van der Waals surface area contributed by atoms with Crippen LogP contribution in [-0.2, 0) is 32.2 Å². The van der Waals surface area contributed by atoms with Crippen molar-refractivity contribution in [2.24, 2.45) is 5.92 Å². The molecule has 0 spiro atoms. The smallest absolute Gasteiger partial charge is 0.386 e. The van der Waals surface area contributed by atoms with E-state index >= 15 is 0 Å². The molecule has 46 heavy (non-hydrogen) atoms. The van der Waals surface area contributed by atoms with Crippen LogP contribution >= 0.6 is 49.4 Å². The number of thiazole rings is 1. The number of nitrogens with two attached hydrogens (primary N) is 2. The molecule has 0 amide bonds. The number of aromatic amines is 1. The molecular formula is C21H27N9O11P2S3. The second-order valence-corrected chi connectivity index (χ2v) is 17.1. The second-order valence-electron chi connectivity index (χ2n) is 10.5. The van der Waals surface area contributed by atoms with E-state index in [9.17, 15) is 28.7 Å². The minimum absolute atomic E-state index is 0.0140. The molecule has 3 unspecified atom stereocenters. The second kappa shape index (κ2) is 12.6. The number of aromatic nitrogens is 7. The van der Waals surface area contributed by atoms with Gasteiger partial charge in [-0.15, -0.1) is 0 Å². The summed E-state index contributed by atoms with van der Waals surface area (Å²) in [5.41, 5.74) is 11.4. The third-order valence-corrected chi connectivity index (χ3v) is 10.7. The number of anilines is 2. The number of nitrogens with one attached hydrogen (secondary N) is 1. The van der Waals surface area contributed by atoms with Crippen molar-refractivity contribution in [3.8, 4) is 0 Å². The summed E-state index contributed by atoms with van der Waals surface area (Å²) in [5.74, 6) is -0.209. The Labute approximate surface area is 271 Å². The normalized spacial score (nSPS) is 29.4. The molecule has 2 aliphatic rings. The predicted octanol–water partition coefficient (Wildman–Crippen LogP) is 0.819. The number of rotatable bonds is 10. The number of hydrogen-bond acceptors (Lipinski definition) is 17. The molecule has 0 radical (unpaired) electrons. The average Bonchev–Trinajstić information content (AvgIpc) is 3.71. The Morgan fingerprint density at radius 3 is 2.63 bits per heavy atom. The van der Waals surface area contributed by atoms with Gasteiger partial charge in [0.05, 0.1) is 25.6 Å². The fourth-order valence-electron chi connectivity index (χ4n) is 5.30. The summed E-state index contributed by atoms with van der Waals surface area (Å²) in [4.78, 5) is 52.6. The van der Waals surface area contributed by atoms with Crippen molar-refractivity contribution in [3.05, 3.63) is 32.7 Å². The SMILES string of the molecule is CC1C[C@@H](COP(=O)(S)O[C@H]2[C@H](O)[C@@H](COP(=O)(O)S)O[C@H]2n2c(=O)sc3c(N)ncnc32)O[C@H]1n1cnc2c(=O)[nH]c(N)nc21. The van der Waals surface area contributed by atoms with Crippen LogP contribution in [0.4, 0.5) is 11.8 Å². The molecule has 25 heteroatoms. The first kappa shape index (κ1) is 33.5. The summed E-state index contributed by atoms with van der Waals surface area (Å²) in [5, 5.41) is 11.1. The standard InChI is InChI=1S/C21H27N9O11P2S3/c1-7-2-8(39-18(7)29-6-26-10-15(29)27-20(23)28-17(10)32)3-38-43(36,45)41-12-11(31)9(4-37-42(34,35)44)40-19(12)30-16-13(46-21(30)33)14(22)24-5-25-16/h5-9,11-12,18-19,31H,2-4H2,1H3,(H,36,45)(H2,22,24,25)(H2,34,35,44)(H3,23,27,28,32)/t7?,8-,9+,11+,12-,18+,19+,43?/m0/s1. The predicted molar refractivity (Wildman–Crippen MR) is 168 cm³/mol. The van der Waals surface area contributed by atoms with Gasteiger partial charge in [0.15, 0.2) is 23.0 Å². The minimum atomic E-state index is -4.33. The van der Waals surface area contributed by atoms with Crippen LogP contribution < -0.4 is 21.9 Å². The molecule has 0 aromatic carbocycles. The number of ether oxygens (including phenoxy) is 2. The quantitative estimate of drug-likeness (QED) is 0.0875. The lowest BCUT2D eigenvalue weighted by molar-refractivity contribution is -0.0483. The number of hydrogen-bond donors (Lipinski definition) is 7. The van der Waals surface area contributed by atoms with Crippen LogP contribution in [0.25, 0.3) is 21.5 Å². The molecule has 0 bridgehead atoms. The molecule has 6 heterocycles. The topological polar surface area (TPSA) is 284 Å². The van der Waals surface area contributed by atoms with E-state index in [2.05, 4.69) is 49.4 Å². The first-order valence-corrected chi connectivity index (χ1v) is 19.5. The molecule has 2 saturated heterocycles. The van der Waals surface area contributed by atoms with E-state index in [1.165, 1.54) is 6.33 Å². The number of aliphatic hydroxyl groups is 1. The van der Waals surface area contributed by atoms with E-state index in [0.29, 0.717) is 17.8 Å². The molecule has 4 aromatic heterocycles. The Hall–Kier alpha value is -2.40. The van der Waals surface area contributed by atoms with Crippen LogP contribution in [0.3, 0.4) is 0 Å². The molecule has 6 rings (SSSR count). The molecule has 0 saturated carbocycles. The lowest BCUT2D eigenvalue weighted by Crippen LogP contribution is -2.36. The van der Waals surface area contributed by atoms with Crippen LogP contribution in [-0.4, -0.2) is 81.7 Å². The number of aliphatic hydroxyl groups excluding tert-OH is 1. The number of imidazole rings is 1. The van der Waals surface area contributed by atoms with Crippen molar-refractivity contribution in [3.63, 3.8) is 0 Å². The van der Waals surface area contributed by atoms with Gasteiger partial charge in [0.25, 0.3) is 5.56 Å². The molecule has 20 nitrogen and oxygen atoms in total. The van der Waals surface area contributed by atoms with E-state index < -0.39 is 67.5 Å². The summed E-state index contributed by atoms with van der Waals surface area (Å²) < 4.78 is 55.9. The van der Waals surface area contributed by atoms with Gasteiger partial charge in [-0.1, -0.05) is 42.8 Å². The molecule has 250 valence electrons. The summed E-state index contributed by atoms with van der Waals surface area (Å²) in [6, 6.07) is 0.